The van der Waals surface area contributed by atoms with Gasteiger partial charge in [-0.3, -0.25) is 9.97 Å². The van der Waals surface area contributed by atoms with Crippen molar-refractivity contribution in [3.8, 4) is 11.4 Å². The Morgan fingerprint density at radius 1 is 0.955 bits per heavy atom. The number of hydrogen-bond acceptors (Lipinski definition) is 6. The lowest BCUT2D eigenvalue weighted by molar-refractivity contribution is 0.0478. The van der Waals surface area contributed by atoms with Gasteiger partial charge in [0.1, 0.15) is 0 Å². The molecule has 0 aromatic carbocycles. The highest BCUT2D eigenvalue weighted by Crippen LogP contribution is 2.19. The molecule has 2 aromatic rings. The van der Waals surface area contributed by atoms with Gasteiger partial charge in [0, 0.05) is 12.4 Å². The zero-order chi connectivity index (χ0) is 15.9. The molecule has 0 atom stereocenters. The van der Waals surface area contributed by atoms with Gasteiger partial charge in [-0.05, 0) is 32.0 Å². The number of aromatic nitrogens is 2. The molecule has 0 saturated carbocycles. The van der Waals surface area contributed by atoms with Gasteiger partial charge in [-0.2, -0.15) is 0 Å². The van der Waals surface area contributed by atoms with Gasteiger partial charge in [0.25, 0.3) is 0 Å². The second kappa shape index (κ2) is 7.31. The average molecular weight is 300 g/mol. The van der Waals surface area contributed by atoms with E-state index in [1.54, 1.807) is 32.2 Å². The summed E-state index contributed by atoms with van der Waals surface area (Å²) in [6, 6.07) is 6.85. The third-order valence-electron chi connectivity index (χ3n) is 2.82. The number of ether oxygens (including phenoxy) is 2. The summed E-state index contributed by atoms with van der Waals surface area (Å²) in [4.78, 5) is 32.4. The van der Waals surface area contributed by atoms with E-state index in [0.29, 0.717) is 11.4 Å². The van der Waals surface area contributed by atoms with Crippen molar-refractivity contribution >= 4 is 11.9 Å². The molecule has 0 bridgehead atoms. The van der Waals surface area contributed by atoms with E-state index in [1.807, 2.05) is 6.07 Å². The maximum Gasteiger partial charge on any atom is 0.340 e. The summed E-state index contributed by atoms with van der Waals surface area (Å²) in [5, 5.41) is 0. The van der Waals surface area contributed by atoms with E-state index >= 15 is 0 Å². The van der Waals surface area contributed by atoms with Crippen LogP contribution in [0.15, 0.2) is 36.7 Å². The molecule has 0 aliphatic rings. The fourth-order valence-electron chi connectivity index (χ4n) is 1.86. The maximum atomic E-state index is 12.1. The van der Waals surface area contributed by atoms with Gasteiger partial charge >= 0.3 is 11.9 Å². The van der Waals surface area contributed by atoms with Crippen LogP contribution in [0.1, 0.15) is 34.6 Å². The largest absolute Gasteiger partial charge is 0.462 e. The number of esters is 2. The first-order valence-corrected chi connectivity index (χ1v) is 6.93. The maximum absolute atomic E-state index is 12.1. The lowest BCUT2D eigenvalue weighted by Gasteiger charge is -2.09. The normalized spacial score (nSPS) is 10.1. The van der Waals surface area contributed by atoms with E-state index in [-0.39, 0.29) is 24.3 Å². The zero-order valence-electron chi connectivity index (χ0n) is 12.4. The van der Waals surface area contributed by atoms with Gasteiger partial charge in [0.15, 0.2) is 0 Å². The molecule has 0 radical (unpaired) electrons. The summed E-state index contributed by atoms with van der Waals surface area (Å²) in [5.41, 5.74) is 1.29. The molecule has 0 fully saturated rings. The molecular weight excluding hydrogens is 284 g/mol. The van der Waals surface area contributed by atoms with Crippen LogP contribution < -0.4 is 0 Å². The van der Waals surface area contributed by atoms with E-state index in [1.165, 1.54) is 12.3 Å². The molecule has 0 N–H and O–H groups in total. The summed E-state index contributed by atoms with van der Waals surface area (Å²) >= 11 is 0. The summed E-state index contributed by atoms with van der Waals surface area (Å²) in [6.45, 7) is 3.81. The monoisotopic (exact) mass is 300 g/mol. The molecule has 22 heavy (non-hydrogen) atoms. The minimum atomic E-state index is -0.606. The number of carbonyl (C=O) groups excluding carboxylic acids is 2. The predicted molar refractivity (Wildman–Crippen MR) is 79.4 cm³/mol. The molecule has 6 heteroatoms. The summed E-state index contributed by atoms with van der Waals surface area (Å²) in [5.74, 6) is -1.20. The Labute approximate surface area is 128 Å². The first-order valence-electron chi connectivity index (χ1n) is 6.93. The third kappa shape index (κ3) is 3.46. The van der Waals surface area contributed by atoms with Crippen LogP contribution in [-0.2, 0) is 9.47 Å². The number of pyridine rings is 2. The molecule has 0 unspecified atom stereocenters. The summed E-state index contributed by atoms with van der Waals surface area (Å²) in [7, 11) is 0. The Balaban J connectivity index is 2.48. The Kier molecular flexibility index (Phi) is 5.19. The van der Waals surface area contributed by atoms with Crippen molar-refractivity contribution in [3.05, 3.63) is 47.8 Å². The molecule has 0 spiro atoms. The summed E-state index contributed by atoms with van der Waals surface area (Å²) < 4.78 is 9.93. The fraction of sp³-hybridized carbons (Fsp3) is 0.250. The highest BCUT2D eigenvalue weighted by atomic mass is 16.5. The van der Waals surface area contributed by atoms with Crippen LogP contribution in [-0.4, -0.2) is 35.1 Å². The van der Waals surface area contributed by atoms with Crippen LogP contribution in [0.4, 0.5) is 0 Å². The third-order valence-corrected chi connectivity index (χ3v) is 2.82. The standard InChI is InChI=1S/C16H16N2O4/c1-3-21-15(19)11-9-14(13-7-5-6-8-17-13)18-10-12(11)16(20)22-4-2/h5-10H,3-4H2,1-2H3. The van der Waals surface area contributed by atoms with Crippen LogP contribution in [0.2, 0.25) is 0 Å². The Hall–Kier alpha value is -2.76. The van der Waals surface area contributed by atoms with Crippen molar-refractivity contribution in [2.45, 2.75) is 13.8 Å². The van der Waals surface area contributed by atoms with Gasteiger partial charge in [-0.25, -0.2) is 9.59 Å². The van der Waals surface area contributed by atoms with E-state index in [4.69, 9.17) is 9.47 Å². The molecule has 0 aliphatic carbocycles. The number of nitrogens with zero attached hydrogens (tertiary/aromatic N) is 2. The summed E-state index contributed by atoms with van der Waals surface area (Å²) in [6.07, 6.45) is 2.94. The van der Waals surface area contributed by atoms with Crippen LogP contribution in [0, 0.1) is 0 Å². The smallest absolute Gasteiger partial charge is 0.340 e. The van der Waals surface area contributed by atoms with Crippen molar-refractivity contribution in [2.24, 2.45) is 0 Å². The van der Waals surface area contributed by atoms with Crippen molar-refractivity contribution in [1.82, 2.24) is 9.97 Å². The second-order valence-corrected chi connectivity index (χ2v) is 4.27. The molecular formula is C16H16N2O4. The number of rotatable bonds is 5. The van der Waals surface area contributed by atoms with E-state index < -0.39 is 11.9 Å². The Morgan fingerprint density at radius 2 is 1.64 bits per heavy atom. The van der Waals surface area contributed by atoms with E-state index in [0.717, 1.165) is 0 Å². The number of carbonyl (C=O) groups is 2. The average Bonchev–Trinajstić information content (AvgIpc) is 2.55. The fourth-order valence-corrected chi connectivity index (χ4v) is 1.86. The molecule has 2 rings (SSSR count). The molecule has 0 saturated heterocycles. The van der Waals surface area contributed by atoms with Gasteiger partial charge < -0.3 is 9.47 Å². The Bertz CT molecular complexity index is 671. The van der Waals surface area contributed by atoms with E-state index in [9.17, 15) is 9.59 Å². The van der Waals surface area contributed by atoms with Gasteiger partial charge in [0.05, 0.1) is 35.7 Å². The highest BCUT2D eigenvalue weighted by Gasteiger charge is 2.21. The second-order valence-electron chi connectivity index (χ2n) is 4.27. The van der Waals surface area contributed by atoms with Crippen molar-refractivity contribution in [2.75, 3.05) is 13.2 Å². The Morgan fingerprint density at radius 3 is 2.23 bits per heavy atom. The van der Waals surface area contributed by atoms with Gasteiger partial charge in [-0.15, -0.1) is 0 Å². The number of hydrogen-bond donors (Lipinski definition) is 0. The minimum absolute atomic E-state index is 0.0833. The topological polar surface area (TPSA) is 78.4 Å². The minimum Gasteiger partial charge on any atom is -0.462 e. The van der Waals surface area contributed by atoms with Crippen molar-refractivity contribution < 1.29 is 19.1 Å². The van der Waals surface area contributed by atoms with Crippen molar-refractivity contribution in [3.63, 3.8) is 0 Å². The SMILES string of the molecule is CCOC(=O)c1cnc(-c2ccccn2)cc1C(=O)OCC. The molecule has 0 aliphatic heterocycles. The first-order chi connectivity index (χ1) is 10.7. The molecule has 6 nitrogen and oxygen atoms in total. The molecule has 114 valence electrons. The predicted octanol–water partition coefficient (Wildman–Crippen LogP) is 2.50. The zero-order valence-corrected chi connectivity index (χ0v) is 12.4. The van der Waals surface area contributed by atoms with Crippen molar-refractivity contribution in [1.29, 1.82) is 0 Å². The molecule has 0 amide bonds. The van der Waals surface area contributed by atoms with Crippen LogP contribution >= 0.6 is 0 Å². The molecule has 2 aromatic heterocycles. The van der Waals surface area contributed by atoms with Gasteiger partial charge in [-0.1, -0.05) is 6.07 Å². The van der Waals surface area contributed by atoms with Crippen LogP contribution in [0.5, 0.6) is 0 Å². The lowest BCUT2D eigenvalue weighted by Crippen LogP contribution is -2.15. The van der Waals surface area contributed by atoms with Gasteiger partial charge in [0.2, 0.25) is 0 Å². The lowest BCUT2D eigenvalue weighted by atomic mass is 10.1. The van der Waals surface area contributed by atoms with E-state index in [2.05, 4.69) is 9.97 Å². The first kappa shape index (κ1) is 15.6. The van der Waals surface area contributed by atoms with Crippen LogP contribution in [0.3, 0.4) is 0 Å². The molecule has 2 heterocycles. The van der Waals surface area contributed by atoms with Crippen LogP contribution in [0.25, 0.3) is 11.4 Å². The quantitative estimate of drug-likeness (QED) is 0.789. The highest BCUT2D eigenvalue weighted by molar-refractivity contribution is 6.03.